The molecule has 1 amide bonds. The summed E-state index contributed by atoms with van der Waals surface area (Å²) in [6.45, 7) is 4.93. The number of ether oxygens (including phenoxy) is 1. The monoisotopic (exact) mass is 364 g/mol. The third-order valence-corrected chi connectivity index (χ3v) is 3.77. The first-order valence-corrected chi connectivity index (χ1v) is 7.88. The van der Waals surface area contributed by atoms with Crippen molar-refractivity contribution in [3.05, 3.63) is 29.8 Å². The fourth-order valence-corrected chi connectivity index (χ4v) is 1.99. The van der Waals surface area contributed by atoms with Crippen LogP contribution < -0.4 is 10.5 Å². The maximum atomic E-state index is 13.4. The van der Waals surface area contributed by atoms with Crippen LogP contribution in [-0.4, -0.2) is 37.0 Å². The van der Waals surface area contributed by atoms with Gasteiger partial charge in [-0.3, -0.25) is 4.79 Å². The van der Waals surface area contributed by atoms with Gasteiger partial charge in [0.1, 0.15) is 5.82 Å². The lowest BCUT2D eigenvalue weighted by Gasteiger charge is -2.21. The summed E-state index contributed by atoms with van der Waals surface area (Å²) < 4.78 is 31.3. The van der Waals surface area contributed by atoms with Crippen molar-refractivity contribution < 1.29 is 18.3 Å². The molecule has 0 heterocycles. The average molecular weight is 365 g/mol. The Morgan fingerprint density at radius 1 is 1.33 bits per heavy atom. The van der Waals surface area contributed by atoms with Crippen molar-refractivity contribution in [3.63, 3.8) is 0 Å². The molecule has 0 aromatic heterocycles. The zero-order valence-electron chi connectivity index (χ0n) is 14.4. The second-order valence-corrected chi connectivity index (χ2v) is 6.04. The molecule has 4 nitrogen and oxygen atoms in total. The highest BCUT2D eigenvalue weighted by Crippen LogP contribution is 2.17. The summed E-state index contributed by atoms with van der Waals surface area (Å²) >= 11 is 0. The highest BCUT2D eigenvalue weighted by molar-refractivity contribution is 5.85. The Hall–Kier alpha value is -1.40. The lowest BCUT2D eigenvalue weighted by atomic mass is 10.0. The Morgan fingerprint density at radius 3 is 2.58 bits per heavy atom. The Kier molecular flexibility index (Phi) is 10.6. The summed E-state index contributed by atoms with van der Waals surface area (Å²) in [5, 5.41) is 0. The van der Waals surface area contributed by atoms with Gasteiger partial charge >= 0.3 is 0 Å². The molecule has 1 rings (SSSR count). The van der Waals surface area contributed by atoms with Crippen LogP contribution in [0.15, 0.2) is 18.2 Å². The maximum absolute atomic E-state index is 13.4. The van der Waals surface area contributed by atoms with Crippen molar-refractivity contribution in [1.29, 1.82) is 0 Å². The lowest BCUT2D eigenvalue weighted by molar-refractivity contribution is -0.130. The van der Waals surface area contributed by atoms with Gasteiger partial charge < -0.3 is 15.4 Å². The standard InChI is InChI=1S/C17H26F2N2O2.ClH/c1-12(2)15(20)8-9-21(3)17(22)5-4-10-23-16-7-6-13(18)11-14(16)19;/h6-7,11-12,15H,4-5,8-10,20H2,1-3H3;1H. The Bertz CT molecular complexity index is 515. The van der Waals surface area contributed by atoms with Crippen LogP contribution in [0.1, 0.15) is 33.1 Å². The van der Waals surface area contributed by atoms with Gasteiger partial charge in [0.25, 0.3) is 0 Å². The molecule has 24 heavy (non-hydrogen) atoms. The number of nitrogens with two attached hydrogens (primary N) is 1. The Labute approximate surface area is 148 Å². The van der Waals surface area contributed by atoms with Crippen LogP contribution in [0, 0.1) is 17.6 Å². The molecule has 0 spiro atoms. The van der Waals surface area contributed by atoms with E-state index in [1.807, 2.05) is 0 Å². The van der Waals surface area contributed by atoms with Crippen molar-refractivity contribution in [3.8, 4) is 5.75 Å². The van der Waals surface area contributed by atoms with E-state index in [2.05, 4.69) is 13.8 Å². The van der Waals surface area contributed by atoms with Gasteiger partial charge in [0.15, 0.2) is 11.6 Å². The van der Waals surface area contributed by atoms with Gasteiger partial charge in [-0.15, -0.1) is 12.4 Å². The van der Waals surface area contributed by atoms with Gasteiger partial charge in [0.05, 0.1) is 6.61 Å². The van der Waals surface area contributed by atoms with Gasteiger partial charge in [-0.1, -0.05) is 13.8 Å². The first kappa shape index (κ1) is 22.6. The molecular weight excluding hydrogens is 338 g/mol. The summed E-state index contributed by atoms with van der Waals surface area (Å²) in [5.41, 5.74) is 5.96. The summed E-state index contributed by atoms with van der Waals surface area (Å²) in [7, 11) is 1.75. The topological polar surface area (TPSA) is 55.6 Å². The van der Waals surface area contributed by atoms with Crippen LogP contribution in [0.25, 0.3) is 0 Å². The molecule has 0 saturated heterocycles. The molecule has 0 fully saturated rings. The van der Waals surface area contributed by atoms with Crippen molar-refractivity contribution in [1.82, 2.24) is 4.90 Å². The van der Waals surface area contributed by atoms with Gasteiger partial charge in [-0.25, -0.2) is 8.78 Å². The number of nitrogens with zero attached hydrogens (tertiary/aromatic N) is 1. The normalized spacial score (nSPS) is 11.8. The molecule has 1 aromatic rings. The Morgan fingerprint density at radius 2 is 2.00 bits per heavy atom. The third-order valence-electron chi connectivity index (χ3n) is 3.77. The second kappa shape index (κ2) is 11.2. The fourth-order valence-electron chi connectivity index (χ4n) is 1.99. The van der Waals surface area contributed by atoms with Crippen LogP contribution in [0.4, 0.5) is 8.78 Å². The van der Waals surface area contributed by atoms with Gasteiger partial charge in [-0.2, -0.15) is 0 Å². The van der Waals surface area contributed by atoms with Crippen LogP contribution >= 0.6 is 12.4 Å². The first-order chi connectivity index (χ1) is 10.8. The summed E-state index contributed by atoms with van der Waals surface area (Å²) in [5.74, 6) is -1.00. The first-order valence-electron chi connectivity index (χ1n) is 7.88. The summed E-state index contributed by atoms with van der Waals surface area (Å²) in [6.07, 6.45) is 1.55. The van der Waals surface area contributed by atoms with E-state index in [-0.39, 0.29) is 36.7 Å². The van der Waals surface area contributed by atoms with Crippen molar-refractivity contribution in [2.24, 2.45) is 11.7 Å². The number of amides is 1. The van der Waals surface area contributed by atoms with E-state index in [0.717, 1.165) is 18.6 Å². The molecule has 1 atom stereocenters. The molecule has 1 unspecified atom stereocenters. The molecule has 7 heteroatoms. The minimum absolute atomic E-state index is 0. The molecule has 1 aromatic carbocycles. The van der Waals surface area contributed by atoms with Crippen LogP contribution in [0.5, 0.6) is 5.75 Å². The number of carbonyl (C=O) groups excluding carboxylic acids is 1. The third kappa shape index (κ3) is 7.93. The van der Waals surface area contributed by atoms with E-state index in [1.54, 1.807) is 11.9 Å². The molecule has 0 saturated carbocycles. The van der Waals surface area contributed by atoms with Gasteiger partial charge in [0, 0.05) is 32.1 Å². The van der Waals surface area contributed by atoms with Crippen LogP contribution in [0.3, 0.4) is 0 Å². The quantitative estimate of drug-likeness (QED) is 0.683. The summed E-state index contributed by atoms with van der Waals surface area (Å²) in [6, 6.07) is 3.23. The number of rotatable bonds is 9. The SMILES string of the molecule is CC(C)C(N)CCN(C)C(=O)CCCOc1ccc(F)cc1F.Cl. The van der Waals surface area contributed by atoms with E-state index in [4.69, 9.17) is 10.5 Å². The van der Waals surface area contributed by atoms with E-state index < -0.39 is 11.6 Å². The molecular formula is C17H27ClF2N2O2. The number of carbonyl (C=O) groups is 1. The van der Waals surface area contributed by atoms with Gasteiger partial charge in [-0.05, 0) is 30.9 Å². The molecule has 2 N–H and O–H groups in total. The zero-order chi connectivity index (χ0) is 17.4. The maximum Gasteiger partial charge on any atom is 0.222 e. The van der Waals surface area contributed by atoms with E-state index >= 15 is 0 Å². The molecule has 0 aliphatic carbocycles. The fraction of sp³-hybridized carbons (Fsp3) is 0.588. The average Bonchev–Trinajstić information content (AvgIpc) is 2.50. The van der Waals surface area contributed by atoms with E-state index in [1.165, 1.54) is 6.07 Å². The molecule has 0 bridgehead atoms. The highest BCUT2D eigenvalue weighted by Gasteiger charge is 2.13. The van der Waals surface area contributed by atoms with Crippen LogP contribution in [0.2, 0.25) is 0 Å². The molecule has 0 aliphatic heterocycles. The smallest absolute Gasteiger partial charge is 0.222 e. The molecule has 138 valence electrons. The second-order valence-electron chi connectivity index (χ2n) is 6.04. The molecule has 0 aliphatic rings. The minimum atomic E-state index is -0.740. The number of hydrogen-bond acceptors (Lipinski definition) is 3. The zero-order valence-corrected chi connectivity index (χ0v) is 15.2. The van der Waals surface area contributed by atoms with E-state index in [9.17, 15) is 13.6 Å². The van der Waals surface area contributed by atoms with Gasteiger partial charge in [0.2, 0.25) is 5.91 Å². The number of hydrogen-bond donors (Lipinski definition) is 1. The predicted octanol–water partition coefficient (Wildman–Crippen LogP) is 3.38. The number of halogens is 3. The minimum Gasteiger partial charge on any atom is -0.491 e. The highest BCUT2D eigenvalue weighted by atomic mass is 35.5. The van der Waals surface area contributed by atoms with Crippen molar-refractivity contribution in [2.75, 3.05) is 20.2 Å². The van der Waals surface area contributed by atoms with Crippen molar-refractivity contribution in [2.45, 2.75) is 39.2 Å². The van der Waals surface area contributed by atoms with E-state index in [0.29, 0.717) is 25.3 Å². The summed E-state index contributed by atoms with van der Waals surface area (Å²) in [4.78, 5) is 13.6. The molecule has 0 radical (unpaired) electrons. The lowest BCUT2D eigenvalue weighted by Crippen LogP contribution is -2.34. The Balaban J connectivity index is 0.00000529. The van der Waals surface area contributed by atoms with Crippen molar-refractivity contribution >= 4 is 18.3 Å². The predicted molar refractivity (Wildman–Crippen MR) is 93.4 cm³/mol. The van der Waals surface area contributed by atoms with Crippen LogP contribution in [-0.2, 0) is 4.79 Å². The number of benzene rings is 1. The largest absolute Gasteiger partial charge is 0.491 e.